The third-order valence-electron chi connectivity index (χ3n) is 4.88. The fourth-order valence-electron chi connectivity index (χ4n) is 3.43. The number of nitro groups is 1. The standard InChI is InChI=1S/C24H14N2O6/c1-13(27)32-19-12-15(9-6-14-7-10-16(11-8-14)26(30)31)22(25)21-20(19)23(28)17-4-2-3-5-18(17)24(21)29/h2-5,7-8,10-12H,25H2,1H3. The molecule has 1 aliphatic rings. The van der Waals surface area contributed by atoms with E-state index < -0.39 is 22.5 Å². The second kappa shape index (κ2) is 7.81. The smallest absolute Gasteiger partial charge is 0.308 e. The minimum atomic E-state index is -0.676. The number of nitrogens with zero attached hydrogens (tertiary/aromatic N) is 1. The van der Waals surface area contributed by atoms with Gasteiger partial charge in [0.25, 0.3) is 5.69 Å². The number of ketones is 2. The number of fused-ring (bicyclic) bond motifs is 2. The van der Waals surface area contributed by atoms with Crippen molar-refractivity contribution in [2.45, 2.75) is 6.92 Å². The van der Waals surface area contributed by atoms with Crippen molar-refractivity contribution in [3.05, 3.63) is 98.1 Å². The highest BCUT2D eigenvalue weighted by molar-refractivity contribution is 6.31. The summed E-state index contributed by atoms with van der Waals surface area (Å²) in [5.74, 6) is 3.88. The molecule has 2 N–H and O–H groups in total. The number of nitrogen functional groups attached to an aromatic ring is 1. The van der Waals surface area contributed by atoms with Gasteiger partial charge in [0, 0.05) is 35.7 Å². The maximum Gasteiger partial charge on any atom is 0.308 e. The van der Waals surface area contributed by atoms with Gasteiger partial charge in [-0.2, -0.15) is 0 Å². The molecule has 0 saturated heterocycles. The first-order chi connectivity index (χ1) is 15.3. The SMILES string of the molecule is CC(=O)Oc1cc(C#Cc2ccc([N+](=O)[O-])cc2)c(N)c2c1C(=O)c1ccccc1C2=O. The predicted molar refractivity (Wildman–Crippen MR) is 115 cm³/mol. The first kappa shape index (κ1) is 20.5. The number of carbonyl (C=O) groups excluding carboxylic acids is 3. The number of non-ortho nitro benzene ring substituents is 1. The number of esters is 1. The van der Waals surface area contributed by atoms with Crippen LogP contribution in [0.4, 0.5) is 11.4 Å². The van der Waals surface area contributed by atoms with Crippen LogP contribution in [0.2, 0.25) is 0 Å². The van der Waals surface area contributed by atoms with Gasteiger partial charge < -0.3 is 10.5 Å². The van der Waals surface area contributed by atoms with Crippen molar-refractivity contribution in [3.8, 4) is 17.6 Å². The molecule has 0 radical (unpaired) electrons. The van der Waals surface area contributed by atoms with Gasteiger partial charge in [-0.15, -0.1) is 0 Å². The van der Waals surface area contributed by atoms with E-state index in [1.54, 1.807) is 12.1 Å². The Hall–Kier alpha value is -4.77. The Bertz CT molecular complexity index is 1390. The van der Waals surface area contributed by atoms with Gasteiger partial charge in [-0.25, -0.2) is 0 Å². The molecule has 0 aromatic heterocycles. The van der Waals surface area contributed by atoms with Gasteiger partial charge in [0.15, 0.2) is 11.6 Å². The number of rotatable bonds is 2. The van der Waals surface area contributed by atoms with Crippen molar-refractivity contribution >= 4 is 28.9 Å². The van der Waals surface area contributed by atoms with E-state index >= 15 is 0 Å². The van der Waals surface area contributed by atoms with Crippen molar-refractivity contribution in [3.63, 3.8) is 0 Å². The zero-order valence-electron chi connectivity index (χ0n) is 16.7. The summed E-state index contributed by atoms with van der Waals surface area (Å²) < 4.78 is 5.23. The molecule has 0 heterocycles. The molecule has 0 amide bonds. The molecular weight excluding hydrogens is 412 g/mol. The van der Waals surface area contributed by atoms with Crippen LogP contribution in [0.15, 0.2) is 54.6 Å². The van der Waals surface area contributed by atoms with Crippen molar-refractivity contribution in [2.24, 2.45) is 0 Å². The molecule has 0 aliphatic heterocycles. The Morgan fingerprint density at radius 3 is 2.12 bits per heavy atom. The zero-order valence-corrected chi connectivity index (χ0v) is 16.7. The summed E-state index contributed by atoms with van der Waals surface area (Å²) in [7, 11) is 0. The topological polar surface area (TPSA) is 130 Å². The van der Waals surface area contributed by atoms with E-state index in [0.717, 1.165) is 0 Å². The largest absolute Gasteiger partial charge is 0.426 e. The minimum Gasteiger partial charge on any atom is -0.426 e. The Kier molecular flexibility index (Phi) is 5.00. The monoisotopic (exact) mass is 426 g/mol. The van der Waals surface area contributed by atoms with Crippen LogP contribution in [0.1, 0.15) is 49.9 Å². The van der Waals surface area contributed by atoms with Gasteiger partial charge >= 0.3 is 5.97 Å². The van der Waals surface area contributed by atoms with Crippen LogP contribution in [0, 0.1) is 22.0 Å². The quantitative estimate of drug-likeness (QED) is 0.130. The molecule has 0 fully saturated rings. The molecule has 32 heavy (non-hydrogen) atoms. The van der Waals surface area contributed by atoms with Gasteiger partial charge in [0.05, 0.1) is 27.3 Å². The van der Waals surface area contributed by atoms with Crippen LogP contribution in [0.25, 0.3) is 0 Å². The van der Waals surface area contributed by atoms with Crippen LogP contribution >= 0.6 is 0 Å². The van der Waals surface area contributed by atoms with Gasteiger partial charge in [-0.1, -0.05) is 36.1 Å². The molecule has 8 nitrogen and oxygen atoms in total. The fourth-order valence-corrected chi connectivity index (χ4v) is 3.43. The van der Waals surface area contributed by atoms with Gasteiger partial charge in [0.1, 0.15) is 5.75 Å². The average Bonchev–Trinajstić information content (AvgIpc) is 2.77. The molecule has 1 aliphatic carbocycles. The van der Waals surface area contributed by atoms with Crippen molar-refractivity contribution in [2.75, 3.05) is 5.73 Å². The van der Waals surface area contributed by atoms with E-state index in [2.05, 4.69) is 11.8 Å². The number of hydrogen-bond acceptors (Lipinski definition) is 7. The summed E-state index contributed by atoms with van der Waals surface area (Å²) in [5.41, 5.74) is 7.03. The third kappa shape index (κ3) is 3.48. The first-order valence-electron chi connectivity index (χ1n) is 9.37. The number of ether oxygens (including phenoxy) is 1. The molecular formula is C24H14N2O6. The average molecular weight is 426 g/mol. The number of hydrogen-bond donors (Lipinski definition) is 1. The molecule has 3 aromatic rings. The lowest BCUT2D eigenvalue weighted by Gasteiger charge is -2.22. The normalized spacial score (nSPS) is 11.7. The van der Waals surface area contributed by atoms with Gasteiger partial charge in [-0.3, -0.25) is 24.5 Å². The van der Waals surface area contributed by atoms with E-state index in [-0.39, 0.29) is 44.9 Å². The molecule has 0 spiro atoms. The summed E-state index contributed by atoms with van der Waals surface area (Å²) in [4.78, 5) is 48.2. The molecule has 156 valence electrons. The second-order valence-electron chi connectivity index (χ2n) is 6.94. The van der Waals surface area contributed by atoms with Crippen LogP contribution in [-0.2, 0) is 4.79 Å². The van der Waals surface area contributed by atoms with E-state index in [0.29, 0.717) is 5.56 Å². The van der Waals surface area contributed by atoms with Crippen LogP contribution in [0.5, 0.6) is 5.75 Å². The maximum atomic E-state index is 13.2. The van der Waals surface area contributed by atoms with Crippen LogP contribution in [0.3, 0.4) is 0 Å². The second-order valence-corrected chi connectivity index (χ2v) is 6.94. The molecule has 0 unspecified atom stereocenters. The maximum absolute atomic E-state index is 13.2. The van der Waals surface area contributed by atoms with Gasteiger partial charge in [-0.05, 0) is 18.2 Å². The summed E-state index contributed by atoms with van der Waals surface area (Å²) in [6.45, 7) is 1.17. The van der Waals surface area contributed by atoms with Crippen LogP contribution < -0.4 is 10.5 Å². The van der Waals surface area contributed by atoms with Crippen molar-refractivity contribution < 1.29 is 24.0 Å². The highest BCUT2D eigenvalue weighted by Crippen LogP contribution is 2.38. The molecule has 0 bridgehead atoms. The molecule has 0 saturated carbocycles. The number of anilines is 1. The molecule has 4 rings (SSSR count). The lowest BCUT2D eigenvalue weighted by Crippen LogP contribution is -2.24. The summed E-state index contributed by atoms with van der Waals surface area (Å²) in [6.07, 6.45) is 0. The fraction of sp³-hybridized carbons (Fsp3) is 0.0417. The number of nitro benzene ring substituents is 1. The Morgan fingerprint density at radius 2 is 1.56 bits per heavy atom. The number of benzene rings is 3. The predicted octanol–water partition coefficient (Wildman–Crippen LogP) is 3.28. The lowest BCUT2D eigenvalue weighted by atomic mass is 9.81. The Balaban J connectivity index is 1.88. The molecule has 0 atom stereocenters. The summed E-state index contributed by atoms with van der Waals surface area (Å²) in [6, 6.07) is 13.2. The summed E-state index contributed by atoms with van der Waals surface area (Å²) in [5, 5.41) is 10.8. The number of carbonyl (C=O) groups is 3. The first-order valence-corrected chi connectivity index (χ1v) is 9.37. The lowest BCUT2D eigenvalue weighted by molar-refractivity contribution is -0.384. The van der Waals surface area contributed by atoms with E-state index in [1.807, 2.05) is 0 Å². The minimum absolute atomic E-state index is 0.0156. The Labute approximate surface area is 181 Å². The third-order valence-corrected chi connectivity index (χ3v) is 4.88. The highest BCUT2D eigenvalue weighted by Gasteiger charge is 2.35. The highest BCUT2D eigenvalue weighted by atomic mass is 16.6. The molecule has 3 aromatic carbocycles. The van der Waals surface area contributed by atoms with Crippen molar-refractivity contribution in [1.82, 2.24) is 0 Å². The van der Waals surface area contributed by atoms with E-state index in [4.69, 9.17) is 10.5 Å². The Morgan fingerprint density at radius 1 is 0.969 bits per heavy atom. The molecule has 8 heteroatoms. The van der Waals surface area contributed by atoms with E-state index in [9.17, 15) is 24.5 Å². The van der Waals surface area contributed by atoms with Crippen LogP contribution in [-0.4, -0.2) is 22.5 Å². The van der Waals surface area contributed by atoms with Crippen molar-refractivity contribution in [1.29, 1.82) is 0 Å². The summed E-state index contributed by atoms with van der Waals surface area (Å²) >= 11 is 0. The van der Waals surface area contributed by atoms with E-state index in [1.165, 1.54) is 49.4 Å². The zero-order chi connectivity index (χ0) is 23.0. The van der Waals surface area contributed by atoms with Gasteiger partial charge in [0.2, 0.25) is 0 Å². The number of nitrogens with two attached hydrogens (primary N) is 1.